The van der Waals surface area contributed by atoms with Crippen molar-refractivity contribution in [2.24, 2.45) is 0 Å². The van der Waals surface area contributed by atoms with Crippen LogP contribution in [0.25, 0.3) is 0 Å². The Bertz CT molecular complexity index is 346. The van der Waals surface area contributed by atoms with E-state index in [1.807, 2.05) is 0 Å². The SMILES string of the molecule is Nc1[nH]ncc1CNC(=O)C1CCCS1. The Morgan fingerprint density at radius 3 is 3.27 bits per heavy atom. The Morgan fingerprint density at radius 2 is 2.67 bits per heavy atom. The predicted molar refractivity (Wildman–Crippen MR) is 60.3 cm³/mol. The summed E-state index contributed by atoms with van der Waals surface area (Å²) in [5.41, 5.74) is 6.44. The minimum absolute atomic E-state index is 0.109. The van der Waals surface area contributed by atoms with Gasteiger partial charge in [-0.2, -0.15) is 5.10 Å². The molecular formula is C9H14N4OS. The number of anilines is 1. The molecule has 1 unspecified atom stereocenters. The van der Waals surface area contributed by atoms with Gasteiger partial charge in [-0.25, -0.2) is 0 Å². The smallest absolute Gasteiger partial charge is 0.233 e. The van der Waals surface area contributed by atoms with Gasteiger partial charge in [0, 0.05) is 12.1 Å². The van der Waals surface area contributed by atoms with Crippen molar-refractivity contribution < 1.29 is 4.79 Å². The molecular weight excluding hydrogens is 212 g/mol. The number of aromatic amines is 1. The van der Waals surface area contributed by atoms with E-state index in [1.165, 1.54) is 0 Å². The molecule has 2 heterocycles. The van der Waals surface area contributed by atoms with Crippen LogP contribution in [-0.4, -0.2) is 27.1 Å². The van der Waals surface area contributed by atoms with E-state index in [-0.39, 0.29) is 11.2 Å². The number of thioether (sulfide) groups is 1. The lowest BCUT2D eigenvalue weighted by atomic mass is 10.2. The molecule has 0 aliphatic carbocycles. The molecule has 0 spiro atoms. The summed E-state index contributed by atoms with van der Waals surface area (Å²) in [5.74, 6) is 1.72. The molecule has 82 valence electrons. The topological polar surface area (TPSA) is 83.8 Å². The number of nitrogens with zero attached hydrogens (tertiary/aromatic N) is 1. The molecule has 1 aliphatic rings. The van der Waals surface area contributed by atoms with Crippen LogP contribution >= 0.6 is 11.8 Å². The van der Waals surface area contributed by atoms with Crippen molar-refractivity contribution in [3.63, 3.8) is 0 Å². The molecule has 1 aromatic heterocycles. The molecule has 5 nitrogen and oxygen atoms in total. The first-order valence-corrected chi connectivity index (χ1v) is 5.99. The summed E-state index contributed by atoms with van der Waals surface area (Å²) < 4.78 is 0. The number of hydrogen-bond donors (Lipinski definition) is 3. The second kappa shape index (κ2) is 4.57. The Labute approximate surface area is 92.2 Å². The van der Waals surface area contributed by atoms with Gasteiger partial charge in [-0.05, 0) is 18.6 Å². The number of nitrogens with two attached hydrogens (primary N) is 1. The highest BCUT2D eigenvalue weighted by molar-refractivity contribution is 8.00. The fraction of sp³-hybridized carbons (Fsp3) is 0.556. The van der Waals surface area contributed by atoms with Crippen LogP contribution in [-0.2, 0) is 11.3 Å². The second-order valence-electron chi connectivity index (χ2n) is 3.53. The first kappa shape index (κ1) is 10.4. The van der Waals surface area contributed by atoms with Crippen molar-refractivity contribution in [2.75, 3.05) is 11.5 Å². The summed E-state index contributed by atoms with van der Waals surface area (Å²) in [6, 6.07) is 0. The average Bonchev–Trinajstić information content (AvgIpc) is 2.85. The Morgan fingerprint density at radius 1 is 1.80 bits per heavy atom. The summed E-state index contributed by atoms with van der Waals surface area (Å²) in [5, 5.41) is 9.42. The van der Waals surface area contributed by atoms with Gasteiger partial charge in [-0.15, -0.1) is 11.8 Å². The van der Waals surface area contributed by atoms with Crippen molar-refractivity contribution in [3.05, 3.63) is 11.8 Å². The minimum atomic E-state index is 0.109. The van der Waals surface area contributed by atoms with E-state index in [1.54, 1.807) is 18.0 Å². The highest BCUT2D eigenvalue weighted by Crippen LogP contribution is 2.26. The number of carbonyl (C=O) groups is 1. The maximum absolute atomic E-state index is 11.6. The number of carbonyl (C=O) groups excluding carboxylic acids is 1. The molecule has 1 amide bonds. The van der Waals surface area contributed by atoms with Crippen LogP contribution in [0.3, 0.4) is 0 Å². The number of nitrogens with one attached hydrogen (secondary N) is 2. The van der Waals surface area contributed by atoms with Gasteiger partial charge in [-0.1, -0.05) is 0 Å². The van der Waals surface area contributed by atoms with Gasteiger partial charge in [0.15, 0.2) is 0 Å². The fourth-order valence-electron chi connectivity index (χ4n) is 1.54. The molecule has 0 bridgehead atoms. The van der Waals surface area contributed by atoms with Crippen molar-refractivity contribution >= 4 is 23.5 Å². The highest BCUT2D eigenvalue weighted by Gasteiger charge is 2.22. The Kier molecular flexibility index (Phi) is 3.15. The zero-order valence-electron chi connectivity index (χ0n) is 8.32. The Balaban J connectivity index is 1.83. The average molecular weight is 226 g/mol. The van der Waals surface area contributed by atoms with Gasteiger partial charge in [-0.3, -0.25) is 9.89 Å². The van der Waals surface area contributed by atoms with Gasteiger partial charge in [0.1, 0.15) is 5.82 Å². The zero-order valence-corrected chi connectivity index (χ0v) is 9.14. The molecule has 0 radical (unpaired) electrons. The van der Waals surface area contributed by atoms with Crippen LogP contribution in [0.2, 0.25) is 0 Å². The van der Waals surface area contributed by atoms with Crippen LogP contribution < -0.4 is 11.1 Å². The monoisotopic (exact) mass is 226 g/mol. The summed E-state index contributed by atoms with van der Waals surface area (Å²) in [7, 11) is 0. The van der Waals surface area contributed by atoms with E-state index in [2.05, 4.69) is 15.5 Å². The molecule has 4 N–H and O–H groups in total. The molecule has 0 aromatic carbocycles. The molecule has 15 heavy (non-hydrogen) atoms. The molecule has 1 aliphatic heterocycles. The lowest BCUT2D eigenvalue weighted by Gasteiger charge is -2.08. The van der Waals surface area contributed by atoms with Crippen LogP contribution in [0.4, 0.5) is 5.82 Å². The minimum Gasteiger partial charge on any atom is -0.384 e. The molecule has 1 saturated heterocycles. The zero-order chi connectivity index (χ0) is 10.7. The third kappa shape index (κ3) is 2.44. The largest absolute Gasteiger partial charge is 0.384 e. The van der Waals surface area contributed by atoms with Gasteiger partial charge in [0.05, 0.1) is 11.4 Å². The van der Waals surface area contributed by atoms with Crippen LogP contribution in [0.5, 0.6) is 0 Å². The van der Waals surface area contributed by atoms with Gasteiger partial charge in [0.25, 0.3) is 0 Å². The number of nitrogen functional groups attached to an aromatic ring is 1. The second-order valence-corrected chi connectivity index (χ2v) is 4.84. The first-order valence-electron chi connectivity index (χ1n) is 4.94. The van der Waals surface area contributed by atoms with Gasteiger partial charge < -0.3 is 11.1 Å². The van der Waals surface area contributed by atoms with E-state index in [4.69, 9.17) is 5.73 Å². The maximum Gasteiger partial charge on any atom is 0.233 e. The van der Waals surface area contributed by atoms with Crippen LogP contribution in [0.1, 0.15) is 18.4 Å². The number of hydrogen-bond acceptors (Lipinski definition) is 4. The van der Waals surface area contributed by atoms with Crippen molar-refractivity contribution in [3.8, 4) is 0 Å². The summed E-state index contributed by atoms with van der Waals surface area (Å²) in [4.78, 5) is 11.6. The molecule has 2 rings (SSSR count). The number of H-pyrrole nitrogens is 1. The molecule has 0 saturated carbocycles. The molecule has 1 fully saturated rings. The quantitative estimate of drug-likeness (QED) is 0.701. The molecule has 1 atom stereocenters. The van der Waals surface area contributed by atoms with Crippen molar-refractivity contribution in [2.45, 2.75) is 24.6 Å². The maximum atomic E-state index is 11.6. The normalized spacial score (nSPS) is 20.4. The molecule has 1 aromatic rings. The first-order chi connectivity index (χ1) is 7.27. The lowest BCUT2D eigenvalue weighted by Crippen LogP contribution is -2.30. The third-order valence-electron chi connectivity index (χ3n) is 2.43. The summed E-state index contributed by atoms with van der Waals surface area (Å²) in [6.07, 6.45) is 3.76. The lowest BCUT2D eigenvalue weighted by molar-refractivity contribution is -0.120. The van der Waals surface area contributed by atoms with Gasteiger partial charge in [0.2, 0.25) is 5.91 Å². The van der Waals surface area contributed by atoms with E-state index >= 15 is 0 Å². The predicted octanol–water partition coefficient (Wildman–Crippen LogP) is 0.504. The van der Waals surface area contributed by atoms with Crippen LogP contribution in [0, 0.1) is 0 Å². The van der Waals surface area contributed by atoms with Crippen molar-refractivity contribution in [1.29, 1.82) is 0 Å². The van der Waals surface area contributed by atoms with E-state index in [0.717, 1.165) is 24.2 Å². The highest BCUT2D eigenvalue weighted by atomic mass is 32.2. The van der Waals surface area contributed by atoms with E-state index < -0.39 is 0 Å². The van der Waals surface area contributed by atoms with Crippen LogP contribution in [0.15, 0.2) is 6.20 Å². The fourth-order valence-corrected chi connectivity index (χ4v) is 2.73. The summed E-state index contributed by atoms with van der Waals surface area (Å²) in [6.45, 7) is 0.457. The van der Waals surface area contributed by atoms with Crippen molar-refractivity contribution in [1.82, 2.24) is 15.5 Å². The Hall–Kier alpha value is -1.17. The van der Waals surface area contributed by atoms with Gasteiger partial charge >= 0.3 is 0 Å². The third-order valence-corrected chi connectivity index (χ3v) is 3.80. The molecule has 6 heteroatoms. The number of amides is 1. The van der Waals surface area contributed by atoms with E-state index in [9.17, 15) is 4.79 Å². The van der Waals surface area contributed by atoms with E-state index in [0.29, 0.717) is 12.4 Å². The number of aromatic nitrogens is 2. The standard InChI is InChI=1S/C9H14N4OS/c10-8-6(5-12-13-8)4-11-9(14)7-2-1-3-15-7/h5,7H,1-4H2,(H,11,14)(H3,10,12,13). The summed E-state index contributed by atoms with van der Waals surface area (Å²) >= 11 is 1.73. The number of rotatable bonds is 3.